The summed E-state index contributed by atoms with van der Waals surface area (Å²) in [5.74, 6) is 0.853. The van der Waals surface area contributed by atoms with Gasteiger partial charge in [0.1, 0.15) is 17.0 Å². The standard InChI is InChI=1S/C15H16N4S/c1-10-8-13-14(17-9-18-15(13)20-10)19-12-4-2-11(3-5-12)6-7-16/h2-5,8-9H,6-7,16H2,1H3,(H,17,18,19). The van der Waals surface area contributed by atoms with Crippen molar-refractivity contribution in [2.75, 3.05) is 11.9 Å². The Kier molecular flexibility index (Phi) is 3.62. The van der Waals surface area contributed by atoms with E-state index in [-0.39, 0.29) is 0 Å². The molecule has 1 aromatic carbocycles. The fourth-order valence-electron chi connectivity index (χ4n) is 2.13. The highest BCUT2D eigenvalue weighted by Gasteiger charge is 2.07. The highest BCUT2D eigenvalue weighted by atomic mass is 32.1. The molecular weight excluding hydrogens is 268 g/mol. The monoisotopic (exact) mass is 284 g/mol. The molecule has 4 nitrogen and oxygen atoms in total. The van der Waals surface area contributed by atoms with E-state index in [1.165, 1.54) is 10.4 Å². The van der Waals surface area contributed by atoms with Gasteiger partial charge < -0.3 is 11.1 Å². The largest absolute Gasteiger partial charge is 0.340 e. The second-order valence-electron chi connectivity index (χ2n) is 4.66. The maximum absolute atomic E-state index is 5.56. The molecule has 0 aliphatic rings. The number of nitrogens with two attached hydrogens (primary N) is 1. The van der Waals surface area contributed by atoms with Gasteiger partial charge in [-0.3, -0.25) is 0 Å². The Morgan fingerprint density at radius 3 is 2.75 bits per heavy atom. The zero-order valence-electron chi connectivity index (χ0n) is 11.3. The molecule has 0 fully saturated rings. The molecule has 102 valence electrons. The van der Waals surface area contributed by atoms with E-state index in [0.717, 1.165) is 28.1 Å². The van der Waals surface area contributed by atoms with Gasteiger partial charge in [0.15, 0.2) is 0 Å². The van der Waals surface area contributed by atoms with E-state index in [2.05, 4.69) is 52.5 Å². The zero-order chi connectivity index (χ0) is 13.9. The van der Waals surface area contributed by atoms with Crippen molar-refractivity contribution in [1.29, 1.82) is 0 Å². The van der Waals surface area contributed by atoms with Gasteiger partial charge in [0, 0.05) is 10.6 Å². The van der Waals surface area contributed by atoms with Crippen molar-refractivity contribution < 1.29 is 0 Å². The number of nitrogens with one attached hydrogen (secondary N) is 1. The Morgan fingerprint density at radius 2 is 2.00 bits per heavy atom. The van der Waals surface area contributed by atoms with E-state index in [9.17, 15) is 0 Å². The third-order valence-corrected chi connectivity index (χ3v) is 4.06. The maximum atomic E-state index is 5.56. The lowest BCUT2D eigenvalue weighted by Gasteiger charge is -2.07. The minimum absolute atomic E-state index is 0.674. The van der Waals surface area contributed by atoms with Crippen molar-refractivity contribution in [1.82, 2.24) is 9.97 Å². The summed E-state index contributed by atoms with van der Waals surface area (Å²) >= 11 is 1.68. The molecule has 2 aromatic heterocycles. The Morgan fingerprint density at radius 1 is 1.20 bits per heavy atom. The first kappa shape index (κ1) is 13.0. The lowest BCUT2D eigenvalue weighted by atomic mass is 10.1. The van der Waals surface area contributed by atoms with Crippen LogP contribution in [0.4, 0.5) is 11.5 Å². The molecule has 0 saturated carbocycles. The normalized spacial score (nSPS) is 10.9. The third-order valence-electron chi connectivity index (χ3n) is 3.10. The molecule has 3 rings (SSSR count). The van der Waals surface area contributed by atoms with Crippen LogP contribution in [0.25, 0.3) is 10.2 Å². The van der Waals surface area contributed by atoms with E-state index in [1.807, 2.05) is 0 Å². The molecule has 3 N–H and O–H groups in total. The van der Waals surface area contributed by atoms with E-state index in [4.69, 9.17) is 5.73 Å². The summed E-state index contributed by atoms with van der Waals surface area (Å²) in [5, 5.41) is 4.42. The van der Waals surface area contributed by atoms with Crippen LogP contribution in [-0.4, -0.2) is 16.5 Å². The van der Waals surface area contributed by atoms with E-state index in [0.29, 0.717) is 6.54 Å². The highest BCUT2D eigenvalue weighted by Crippen LogP contribution is 2.29. The predicted molar refractivity (Wildman–Crippen MR) is 84.6 cm³/mol. The van der Waals surface area contributed by atoms with Crippen molar-refractivity contribution in [3.63, 3.8) is 0 Å². The molecule has 0 bridgehead atoms. The summed E-state index contributed by atoms with van der Waals surface area (Å²) in [5.41, 5.74) is 7.83. The van der Waals surface area contributed by atoms with E-state index in [1.54, 1.807) is 17.7 Å². The Hall–Kier alpha value is -1.98. The lowest BCUT2D eigenvalue weighted by Crippen LogP contribution is -2.02. The quantitative estimate of drug-likeness (QED) is 0.772. The van der Waals surface area contributed by atoms with Gasteiger partial charge in [-0.2, -0.15) is 0 Å². The average Bonchev–Trinajstić information content (AvgIpc) is 2.83. The molecule has 20 heavy (non-hydrogen) atoms. The maximum Gasteiger partial charge on any atom is 0.142 e. The number of fused-ring (bicyclic) bond motifs is 1. The number of aryl methyl sites for hydroxylation is 1. The van der Waals surface area contributed by atoms with Gasteiger partial charge in [-0.25, -0.2) is 9.97 Å². The second-order valence-corrected chi connectivity index (χ2v) is 5.89. The van der Waals surface area contributed by atoms with Gasteiger partial charge in [0.2, 0.25) is 0 Å². The van der Waals surface area contributed by atoms with Crippen molar-refractivity contribution in [2.45, 2.75) is 13.3 Å². The van der Waals surface area contributed by atoms with Crippen LogP contribution in [0.15, 0.2) is 36.7 Å². The molecule has 0 radical (unpaired) electrons. The number of anilines is 2. The predicted octanol–water partition coefficient (Wildman–Crippen LogP) is 3.24. The van der Waals surface area contributed by atoms with Gasteiger partial charge in [-0.15, -0.1) is 11.3 Å². The second kappa shape index (κ2) is 5.56. The van der Waals surface area contributed by atoms with Crippen LogP contribution in [0.5, 0.6) is 0 Å². The topological polar surface area (TPSA) is 63.8 Å². The van der Waals surface area contributed by atoms with Crippen molar-refractivity contribution >= 4 is 33.1 Å². The number of benzene rings is 1. The lowest BCUT2D eigenvalue weighted by molar-refractivity contribution is 0.969. The summed E-state index contributed by atoms with van der Waals surface area (Å²) in [6.45, 7) is 2.76. The van der Waals surface area contributed by atoms with Crippen LogP contribution in [0.2, 0.25) is 0 Å². The summed E-state index contributed by atoms with van der Waals surface area (Å²) in [7, 11) is 0. The van der Waals surface area contributed by atoms with Crippen LogP contribution in [0.1, 0.15) is 10.4 Å². The number of nitrogens with zero attached hydrogens (tertiary/aromatic N) is 2. The molecule has 0 saturated heterocycles. The first-order valence-corrected chi connectivity index (χ1v) is 7.35. The summed E-state index contributed by atoms with van der Waals surface area (Å²) in [4.78, 5) is 10.9. The first-order chi connectivity index (χ1) is 9.76. The number of rotatable bonds is 4. The summed E-state index contributed by atoms with van der Waals surface area (Å²) < 4.78 is 0. The molecule has 5 heteroatoms. The van der Waals surface area contributed by atoms with Crippen molar-refractivity contribution in [2.24, 2.45) is 5.73 Å². The van der Waals surface area contributed by atoms with Crippen molar-refractivity contribution in [3.05, 3.63) is 47.1 Å². The molecule has 0 unspecified atom stereocenters. The smallest absolute Gasteiger partial charge is 0.142 e. The zero-order valence-corrected chi connectivity index (χ0v) is 12.1. The minimum atomic E-state index is 0.674. The van der Waals surface area contributed by atoms with Crippen LogP contribution in [-0.2, 0) is 6.42 Å². The molecule has 0 amide bonds. The summed E-state index contributed by atoms with van der Waals surface area (Å²) in [6, 6.07) is 10.4. The van der Waals surface area contributed by atoms with Gasteiger partial charge >= 0.3 is 0 Å². The van der Waals surface area contributed by atoms with E-state index >= 15 is 0 Å². The molecule has 0 aliphatic heterocycles. The fourth-order valence-corrected chi connectivity index (χ4v) is 2.98. The van der Waals surface area contributed by atoms with Crippen LogP contribution in [0.3, 0.4) is 0 Å². The van der Waals surface area contributed by atoms with E-state index < -0.39 is 0 Å². The number of hydrogen-bond acceptors (Lipinski definition) is 5. The Bertz CT molecular complexity index is 718. The van der Waals surface area contributed by atoms with Crippen LogP contribution in [0, 0.1) is 6.92 Å². The average molecular weight is 284 g/mol. The molecule has 3 aromatic rings. The molecule has 2 heterocycles. The van der Waals surface area contributed by atoms with Crippen molar-refractivity contribution in [3.8, 4) is 0 Å². The van der Waals surface area contributed by atoms with Gasteiger partial charge in [-0.1, -0.05) is 12.1 Å². The Balaban J connectivity index is 1.88. The van der Waals surface area contributed by atoms with Crippen LogP contribution < -0.4 is 11.1 Å². The number of aromatic nitrogens is 2. The SMILES string of the molecule is Cc1cc2c(Nc3ccc(CCN)cc3)ncnc2s1. The minimum Gasteiger partial charge on any atom is -0.340 e. The number of hydrogen-bond donors (Lipinski definition) is 2. The van der Waals surface area contributed by atoms with Gasteiger partial charge in [0.05, 0.1) is 5.39 Å². The molecule has 0 atom stereocenters. The highest BCUT2D eigenvalue weighted by molar-refractivity contribution is 7.18. The third kappa shape index (κ3) is 2.64. The first-order valence-electron chi connectivity index (χ1n) is 6.53. The van der Waals surface area contributed by atoms with Gasteiger partial charge in [0.25, 0.3) is 0 Å². The Labute approximate surface area is 121 Å². The van der Waals surface area contributed by atoms with Crippen LogP contribution >= 0.6 is 11.3 Å². The summed E-state index contributed by atoms with van der Waals surface area (Å²) in [6.07, 6.45) is 2.51. The van der Waals surface area contributed by atoms with Gasteiger partial charge in [-0.05, 0) is 43.7 Å². The molecule has 0 spiro atoms. The molecular formula is C15H16N4S. The number of thiophene rings is 1. The molecule has 0 aliphatic carbocycles. The fraction of sp³-hybridized carbons (Fsp3) is 0.200.